The van der Waals surface area contributed by atoms with Crippen LogP contribution in [0.4, 0.5) is 0 Å². The van der Waals surface area contributed by atoms with Crippen LogP contribution in [0.5, 0.6) is 5.75 Å². The van der Waals surface area contributed by atoms with Crippen LogP contribution >= 0.6 is 0 Å². The van der Waals surface area contributed by atoms with E-state index < -0.39 is 6.10 Å². The maximum absolute atomic E-state index is 13.0. The molecule has 1 aromatic carbocycles. The molecule has 0 fully saturated rings. The van der Waals surface area contributed by atoms with Gasteiger partial charge in [0.15, 0.2) is 6.10 Å². The number of ether oxygens (including phenoxy) is 1. The first kappa shape index (κ1) is 17.7. The summed E-state index contributed by atoms with van der Waals surface area (Å²) in [6, 6.07) is 15.2. The van der Waals surface area contributed by atoms with Crippen molar-refractivity contribution in [2.45, 2.75) is 33.0 Å². The number of hydrogen-bond acceptors (Lipinski definition) is 4. The Balaban J connectivity index is 1.74. The minimum absolute atomic E-state index is 0.105. The quantitative estimate of drug-likeness (QED) is 0.647. The first-order chi connectivity index (χ1) is 12.6. The molecule has 5 nitrogen and oxygen atoms in total. The van der Waals surface area contributed by atoms with Gasteiger partial charge in [-0.15, -0.1) is 0 Å². The van der Waals surface area contributed by atoms with Gasteiger partial charge in [-0.2, -0.15) is 0 Å². The molecule has 3 aromatic rings. The van der Waals surface area contributed by atoms with Crippen molar-refractivity contribution in [3.05, 3.63) is 84.1 Å². The first-order valence-corrected chi connectivity index (χ1v) is 8.55. The molecule has 0 aliphatic rings. The molecule has 0 radical (unpaired) electrons. The number of aryl methyl sites for hydroxylation is 1. The van der Waals surface area contributed by atoms with Gasteiger partial charge in [0.2, 0.25) is 0 Å². The summed E-state index contributed by atoms with van der Waals surface area (Å²) in [6.07, 6.45) is 4.47. The Morgan fingerprint density at radius 3 is 2.77 bits per heavy atom. The zero-order valence-corrected chi connectivity index (χ0v) is 15.0. The van der Waals surface area contributed by atoms with Crippen LogP contribution in [-0.4, -0.2) is 21.9 Å². The van der Waals surface area contributed by atoms with Gasteiger partial charge in [-0.25, -0.2) is 0 Å². The number of pyridine rings is 1. The average Bonchev–Trinajstić information content (AvgIpc) is 3.14. The molecular weight excluding hydrogens is 328 g/mol. The Morgan fingerprint density at radius 2 is 2.08 bits per heavy atom. The number of carbonyl (C=O) groups excluding carboxylic acids is 1. The summed E-state index contributed by atoms with van der Waals surface area (Å²) in [5.74, 6) is 1.31. The minimum Gasteiger partial charge on any atom is -0.481 e. The molecule has 0 N–H and O–H groups in total. The number of carbonyl (C=O) groups is 1. The van der Waals surface area contributed by atoms with Crippen molar-refractivity contribution in [1.29, 1.82) is 0 Å². The second-order valence-electron chi connectivity index (χ2n) is 6.21. The van der Waals surface area contributed by atoms with E-state index in [0.717, 1.165) is 16.9 Å². The van der Waals surface area contributed by atoms with Gasteiger partial charge in [-0.1, -0.05) is 18.2 Å². The van der Waals surface area contributed by atoms with Crippen LogP contribution in [0.1, 0.15) is 23.8 Å². The number of rotatable bonds is 7. The molecule has 1 amide bonds. The molecule has 0 aliphatic carbocycles. The Hall–Kier alpha value is -3.08. The van der Waals surface area contributed by atoms with Gasteiger partial charge in [0.1, 0.15) is 11.5 Å². The fraction of sp³-hybridized carbons (Fsp3) is 0.238. The molecule has 1 unspecified atom stereocenters. The summed E-state index contributed by atoms with van der Waals surface area (Å²) >= 11 is 0. The second-order valence-corrected chi connectivity index (χ2v) is 6.21. The summed E-state index contributed by atoms with van der Waals surface area (Å²) < 4.78 is 11.3. The Labute approximate surface area is 153 Å². The molecule has 3 rings (SSSR count). The Bertz CT molecular complexity index is 831. The summed E-state index contributed by atoms with van der Waals surface area (Å²) in [4.78, 5) is 18.8. The van der Waals surface area contributed by atoms with Crippen molar-refractivity contribution in [3.63, 3.8) is 0 Å². The highest BCUT2D eigenvalue weighted by molar-refractivity contribution is 5.80. The van der Waals surface area contributed by atoms with E-state index in [-0.39, 0.29) is 5.91 Å². The zero-order valence-electron chi connectivity index (χ0n) is 15.0. The third-order valence-electron chi connectivity index (χ3n) is 3.98. The van der Waals surface area contributed by atoms with Gasteiger partial charge in [-0.05, 0) is 55.3 Å². The zero-order chi connectivity index (χ0) is 18.4. The summed E-state index contributed by atoms with van der Waals surface area (Å²) in [7, 11) is 0. The van der Waals surface area contributed by atoms with E-state index in [1.807, 2.05) is 55.5 Å². The van der Waals surface area contributed by atoms with Crippen molar-refractivity contribution >= 4 is 5.91 Å². The van der Waals surface area contributed by atoms with Crippen molar-refractivity contribution in [2.24, 2.45) is 0 Å². The standard InChI is InChI=1S/C21H22N2O3/c1-16-6-3-8-19(12-16)26-17(2)21(24)23(15-20-9-5-11-25-20)14-18-7-4-10-22-13-18/h3-13,17H,14-15H2,1-2H3. The molecule has 5 heteroatoms. The number of nitrogens with zero attached hydrogens (tertiary/aromatic N) is 2. The number of hydrogen-bond donors (Lipinski definition) is 0. The smallest absolute Gasteiger partial charge is 0.264 e. The highest BCUT2D eigenvalue weighted by atomic mass is 16.5. The predicted molar refractivity (Wildman–Crippen MR) is 98.5 cm³/mol. The molecule has 0 spiro atoms. The normalized spacial score (nSPS) is 11.8. The second kappa shape index (κ2) is 8.34. The highest BCUT2D eigenvalue weighted by Gasteiger charge is 2.23. The third kappa shape index (κ3) is 4.72. The van der Waals surface area contributed by atoms with Crippen molar-refractivity contribution < 1.29 is 13.9 Å². The maximum Gasteiger partial charge on any atom is 0.264 e. The van der Waals surface area contributed by atoms with Gasteiger partial charge in [0.25, 0.3) is 5.91 Å². The van der Waals surface area contributed by atoms with Crippen LogP contribution in [0.2, 0.25) is 0 Å². The minimum atomic E-state index is -0.608. The SMILES string of the molecule is Cc1cccc(OC(C)C(=O)N(Cc2cccnc2)Cc2ccco2)c1. The lowest BCUT2D eigenvalue weighted by molar-refractivity contribution is -0.139. The van der Waals surface area contributed by atoms with Crippen LogP contribution in [0.3, 0.4) is 0 Å². The maximum atomic E-state index is 13.0. The molecule has 26 heavy (non-hydrogen) atoms. The van der Waals surface area contributed by atoms with E-state index in [0.29, 0.717) is 18.8 Å². The van der Waals surface area contributed by atoms with Crippen LogP contribution in [-0.2, 0) is 17.9 Å². The van der Waals surface area contributed by atoms with Crippen LogP contribution in [0, 0.1) is 6.92 Å². The van der Waals surface area contributed by atoms with Gasteiger partial charge in [-0.3, -0.25) is 9.78 Å². The number of benzene rings is 1. The Morgan fingerprint density at radius 1 is 1.19 bits per heavy atom. The van der Waals surface area contributed by atoms with Crippen LogP contribution < -0.4 is 4.74 Å². The lowest BCUT2D eigenvalue weighted by atomic mass is 10.2. The highest BCUT2D eigenvalue weighted by Crippen LogP contribution is 2.17. The molecule has 0 aliphatic heterocycles. The fourth-order valence-corrected chi connectivity index (χ4v) is 2.71. The largest absolute Gasteiger partial charge is 0.481 e. The van der Waals surface area contributed by atoms with Crippen molar-refractivity contribution in [3.8, 4) is 5.75 Å². The van der Waals surface area contributed by atoms with Crippen LogP contribution in [0.25, 0.3) is 0 Å². The van der Waals surface area contributed by atoms with E-state index in [1.54, 1.807) is 30.5 Å². The van der Waals surface area contributed by atoms with Gasteiger partial charge in [0, 0.05) is 18.9 Å². The molecule has 134 valence electrons. The van der Waals surface area contributed by atoms with E-state index in [9.17, 15) is 4.79 Å². The molecule has 0 saturated carbocycles. The van der Waals surface area contributed by atoms with E-state index >= 15 is 0 Å². The van der Waals surface area contributed by atoms with E-state index in [2.05, 4.69) is 4.98 Å². The van der Waals surface area contributed by atoms with Gasteiger partial charge >= 0.3 is 0 Å². The number of amides is 1. The van der Waals surface area contributed by atoms with Crippen molar-refractivity contribution in [2.75, 3.05) is 0 Å². The first-order valence-electron chi connectivity index (χ1n) is 8.55. The molecule has 2 aromatic heterocycles. The lowest BCUT2D eigenvalue weighted by Crippen LogP contribution is -2.39. The topological polar surface area (TPSA) is 55.6 Å². The fourth-order valence-electron chi connectivity index (χ4n) is 2.71. The monoisotopic (exact) mass is 350 g/mol. The third-order valence-corrected chi connectivity index (χ3v) is 3.98. The molecule has 0 bridgehead atoms. The molecule has 2 heterocycles. The average molecular weight is 350 g/mol. The number of furan rings is 1. The number of aromatic nitrogens is 1. The summed E-state index contributed by atoms with van der Waals surface area (Å²) in [5, 5.41) is 0. The summed E-state index contributed by atoms with van der Waals surface area (Å²) in [6.45, 7) is 4.57. The predicted octanol–water partition coefficient (Wildman–Crippen LogP) is 3.98. The molecule has 0 saturated heterocycles. The van der Waals surface area contributed by atoms with Crippen molar-refractivity contribution in [1.82, 2.24) is 9.88 Å². The molecular formula is C21H22N2O3. The Kier molecular flexibility index (Phi) is 5.69. The lowest BCUT2D eigenvalue weighted by Gasteiger charge is -2.25. The van der Waals surface area contributed by atoms with Gasteiger partial charge in [0.05, 0.1) is 12.8 Å². The molecule has 1 atom stereocenters. The summed E-state index contributed by atoms with van der Waals surface area (Å²) in [5.41, 5.74) is 2.04. The van der Waals surface area contributed by atoms with E-state index in [1.165, 1.54) is 0 Å². The van der Waals surface area contributed by atoms with Gasteiger partial charge < -0.3 is 14.1 Å². The van der Waals surface area contributed by atoms with Crippen LogP contribution in [0.15, 0.2) is 71.6 Å². The van der Waals surface area contributed by atoms with E-state index in [4.69, 9.17) is 9.15 Å².